The molecule has 0 heterocycles. The van der Waals surface area contributed by atoms with E-state index < -0.39 is 22.2 Å². The molecule has 7 heteroatoms. The fourth-order valence-corrected chi connectivity index (χ4v) is 2.52. The zero-order chi connectivity index (χ0) is 15.2. The Labute approximate surface area is 119 Å². The largest absolute Gasteiger partial charge is 0.463 e. The lowest BCUT2D eigenvalue weighted by molar-refractivity contribution is -0.160. The Hall–Kier alpha value is -1.44. The van der Waals surface area contributed by atoms with E-state index in [1.807, 2.05) is 0 Å². The summed E-state index contributed by atoms with van der Waals surface area (Å²) in [6.07, 6.45) is -1.69. The summed E-state index contributed by atoms with van der Waals surface area (Å²) >= 11 is 0. The summed E-state index contributed by atoms with van der Waals surface area (Å²) < 4.78 is 36.5. The molecular weight excluding hydrogens is 282 g/mol. The number of sulfonamides is 1. The number of esters is 1. The second-order valence-corrected chi connectivity index (χ2v) is 5.97. The van der Waals surface area contributed by atoms with Crippen LogP contribution in [0.5, 0.6) is 0 Å². The maximum Gasteiger partial charge on any atom is 0.351 e. The van der Waals surface area contributed by atoms with E-state index in [4.69, 9.17) is 9.47 Å². The molecule has 0 aliphatic rings. The molecule has 1 aromatic rings. The highest BCUT2D eigenvalue weighted by Crippen LogP contribution is 2.10. The normalized spacial score (nSPS) is 13.2. The van der Waals surface area contributed by atoms with Crippen molar-refractivity contribution >= 4 is 16.0 Å². The van der Waals surface area contributed by atoms with E-state index in [1.165, 1.54) is 12.1 Å². The van der Waals surface area contributed by atoms with Crippen molar-refractivity contribution in [2.45, 2.75) is 38.0 Å². The van der Waals surface area contributed by atoms with Gasteiger partial charge in [0, 0.05) is 0 Å². The number of ether oxygens (including phenoxy) is 2. The second kappa shape index (κ2) is 7.37. The predicted octanol–water partition coefficient (Wildman–Crippen LogP) is 1.28. The van der Waals surface area contributed by atoms with Crippen LogP contribution in [0.1, 0.15) is 20.8 Å². The van der Waals surface area contributed by atoms with Crippen LogP contribution >= 0.6 is 0 Å². The second-order valence-electron chi connectivity index (χ2n) is 4.25. The van der Waals surface area contributed by atoms with Crippen molar-refractivity contribution in [2.75, 3.05) is 6.61 Å². The lowest BCUT2D eigenvalue weighted by atomic mass is 10.4. The molecule has 0 saturated heterocycles. The minimum Gasteiger partial charge on any atom is -0.463 e. The van der Waals surface area contributed by atoms with Crippen LogP contribution < -0.4 is 4.72 Å². The molecule has 20 heavy (non-hydrogen) atoms. The molecule has 6 nitrogen and oxygen atoms in total. The van der Waals surface area contributed by atoms with Crippen LogP contribution in [0.25, 0.3) is 0 Å². The van der Waals surface area contributed by atoms with Crippen molar-refractivity contribution in [1.82, 2.24) is 4.72 Å². The van der Waals surface area contributed by atoms with E-state index in [9.17, 15) is 13.2 Å². The number of benzene rings is 1. The topological polar surface area (TPSA) is 81.7 Å². The number of hydrogen-bond acceptors (Lipinski definition) is 5. The van der Waals surface area contributed by atoms with Gasteiger partial charge in [0.05, 0.1) is 17.6 Å². The Kier molecular flexibility index (Phi) is 6.12. The molecule has 0 aromatic heterocycles. The summed E-state index contributed by atoms with van der Waals surface area (Å²) in [5.41, 5.74) is 0. The third kappa shape index (κ3) is 4.92. The summed E-state index contributed by atoms with van der Waals surface area (Å²) in [6.45, 7) is 5.17. The van der Waals surface area contributed by atoms with E-state index >= 15 is 0 Å². The summed E-state index contributed by atoms with van der Waals surface area (Å²) in [7, 11) is -3.84. The van der Waals surface area contributed by atoms with E-state index in [-0.39, 0.29) is 17.6 Å². The highest BCUT2D eigenvalue weighted by atomic mass is 32.2. The average molecular weight is 301 g/mol. The minimum absolute atomic E-state index is 0.0571. The fourth-order valence-electron chi connectivity index (χ4n) is 1.43. The van der Waals surface area contributed by atoms with Gasteiger partial charge in [0.1, 0.15) is 0 Å². The lowest BCUT2D eigenvalue weighted by Crippen LogP contribution is -2.45. The van der Waals surface area contributed by atoms with Gasteiger partial charge >= 0.3 is 5.97 Å². The molecule has 0 aliphatic carbocycles. The van der Waals surface area contributed by atoms with Gasteiger partial charge in [-0.3, -0.25) is 0 Å². The monoisotopic (exact) mass is 301 g/mol. The van der Waals surface area contributed by atoms with Gasteiger partial charge in [0.15, 0.2) is 0 Å². The fraction of sp³-hybridized carbons (Fsp3) is 0.462. The number of carbonyl (C=O) groups is 1. The maximum atomic E-state index is 12.1. The zero-order valence-electron chi connectivity index (χ0n) is 11.7. The van der Waals surface area contributed by atoms with Gasteiger partial charge in [0.2, 0.25) is 16.3 Å². The lowest BCUT2D eigenvalue weighted by Gasteiger charge is -2.20. The van der Waals surface area contributed by atoms with Crippen LogP contribution in [0.2, 0.25) is 0 Å². The molecule has 1 aromatic carbocycles. The van der Waals surface area contributed by atoms with Gasteiger partial charge in [-0.15, -0.1) is 0 Å². The van der Waals surface area contributed by atoms with Crippen molar-refractivity contribution in [3.05, 3.63) is 30.3 Å². The number of nitrogens with one attached hydrogen (secondary N) is 1. The molecule has 0 radical (unpaired) electrons. The van der Waals surface area contributed by atoms with Crippen molar-refractivity contribution in [3.63, 3.8) is 0 Å². The third-order valence-electron chi connectivity index (χ3n) is 2.22. The van der Waals surface area contributed by atoms with Gasteiger partial charge in [0.25, 0.3) is 0 Å². The molecule has 0 fully saturated rings. The van der Waals surface area contributed by atoms with Crippen LogP contribution in [-0.4, -0.2) is 33.3 Å². The van der Waals surface area contributed by atoms with Crippen LogP contribution in [-0.2, 0) is 24.3 Å². The van der Waals surface area contributed by atoms with Gasteiger partial charge in [-0.05, 0) is 32.9 Å². The van der Waals surface area contributed by atoms with Gasteiger partial charge in [-0.1, -0.05) is 18.2 Å². The SMILES string of the molecule is CCOC(=O)[C@@H](NS(=O)(=O)c1ccccc1)OC(C)C. The van der Waals surface area contributed by atoms with Crippen molar-refractivity contribution < 1.29 is 22.7 Å². The zero-order valence-corrected chi connectivity index (χ0v) is 12.5. The van der Waals surface area contributed by atoms with Crippen LogP contribution in [0.4, 0.5) is 0 Å². The van der Waals surface area contributed by atoms with Crippen molar-refractivity contribution in [2.24, 2.45) is 0 Å². The molecule has 112 valence electrons. The van der Waals surface area contributed by atoms with Gasteiger partial charge in [-0.2, -0.15) is 4.72 Å². The van der Waals surface area contributed by atoms with Crippen LogP contribution in [0.3, 0.4) is 0 Å². The van der Waals surface area contributed by atoms with E-state index in [1.54, 1.807) is 39.0 Å². The van der Waals surface area contributed by atoms with Gasteiger partial charge in [-0.25, -0.2) is 13.2 Å². The van der Waals surface area contributed by atoms with Crippen molar-refractivity contribution in [1.29, 1.82) is 0 Å². The molecule has 1 N–H and O–H groups in total. The summed E-state index contributed by atoms with van der Waals surface area (Å²) in [6, 6.07) is 7.75. The molecular formula is C13H19NO5S. The maximum absolute atomic E-state index is 12.1. The summed E-state index contributed by atoms with van der Waals surface area (Å²) in [5, 5.41) is 0. The number of rotatable bonds is 7. The predicted molar refractivity (Wildman–Crippen MR) is 73.4 cm³/mol. The Morgan fingerprint density at radius 1 is 1.25 bits per heavy atom. The molecule has 0 spiro atoms. The molecule has 0 bridgehead atoms. The molecule has 0 aliphatic heterocycles. The Bertz CT molecular complexity index is 527. The molecule has 1 rings (SSSR count). The van der Waals surface area contributed by atoms with Crippen molar-refractivity contribution in [3.8, 4) is 0 Å². The molecule has 0 unspecified atom stereocenters. The first-order chi connectivity index (χ1) is 9.36. The van der Waals surface area contributed by atoms with Crippen LogP contribution in [0, 0.1) is 0 Å². The Morgan fingerprint density at radius 2 is 1.85 bits per heavy atom. The average Bonchev–Trinajstić information content (AvgIpc) is 2.38. The quantitative estimate of drug-likeness (QED) is 0.606. The molecule has 0 saturated carbocycles. The summed E-state index contributed by atoms with van der Waals surface area (Å²) in [4.78, 5) is 11.8. The number of carbonyl (C=O) groups excluding carboxylic acids is 1. The highest BCUT2D eigenvalue weighted by Gasteiger charge is 2.28. The first kappa shape index (κ1) is 16.6. The Balaban J connectivity index is 2.91. The highest BCUT2D eigenvalue weighted by molar-refractivity contribution is 7.89. The van der Waals surface area contributed by atoms with E-state index in [2.05, 4.69) is 4.72 Å². The summed E-state index contributed by atoms with van der Waals surface area (Å²) in [5.74, 6) is -0.763. The van der Waals surface area contributed by atoms with Crippen LogP contribution in [0.15, 0.2) is 35.2 Å². The standard InChI is InChI=1S/C13H19NO5S/c1-4-18-13(15)12(19-10(2)3)14-20(16,17)11-8-6-5-7-9-11/h5-10,12,14H,4H2,1-3H3/t12-/m0/s1. The van der Waals surface area contributed by atoms with E-state index in [0.717, 1.165) is 0 Å². The Morgan fingerprint density at radius 3 is 2.35 bits per heavy atom. The smallest absolute Gasteiger partial charge is 0.351 e. The first-order valence-electron chi connectivity index (χ1n) is 6.26. The molecule has 1 atom stereocenters. The van der Waals surface area contributed by atoms with Gasteiger partial charge < -0.3 is 9.47 Å². The minimum atomic E-state index is -3.84. The number of hydrogen-bond donors (Lipinski definition) is 1. The molecule has 0 amide bonds. The third-order valence-corrected chi connectivity index (χ3v) is 3.64. The van der Waals surface area contributed by atoms with E-state index in [0.29, 0.717) is 0 Å². The first-order valence-corrected chi connectivity index (χ1v) is 7.74.